The minimum atomic E-state index is -5.50. The van der Waals surface area contributed by atoms with E-state index in [4.69, 9.17) is 5.02 Å². The predicted octanol–water partition coefficient (Wildman–Crippen LogP) is 4.37. The molecule has 0 spiro atoms. The van der Waals surface area contributed by atoms with Gasteiger partial charge >= 0.3 is 7.18 Å². The van der Waals surface area contributed by atoms with Crippen LogP contribution >= 0.6 is 0 Å². The highest BCUT2D eigenvalue weighted by molar-refractivity contribution is 7.97. The summed E-state index contributed by atoms with van der Waals surface area (Å²) in [5.74, 6) is 2.84. The highest BCUT2D eigenvalue weighted by Crippen LogP contribution is 2.28. The molecule has 7 heteroatoms. The van der Waals surface area contributed by atoms with Gasteiger partial charge in [-0.3, -0.25) is 0 Å². The van der Waals surface area contributed by atoms with Gasteiger partial charge in [0.1, 0.15) is 22.9 Å². The molecule has 2 rings (SSSR count). The first-order valence-electron chi connectivity index (χ1n) is 9.13. The number of aliphatic hydroxyl groups excluding tert-OH is 1. The molecule has 1 aliphatic carbocycles. The van der Waals surface area contributed by atoms with Crippen molar-refractivity contribution in [2.75, 3.05) is 11.5 Å². The van der Waals surface area contributed by atoms with E-state index in [1.54, 1.807) is 0 Å². The quantitative estimate of drug-likeness (QED) is 0.541. The SMILES string of the molecule is OC1CCCCCCCCCCC1[S+]1CCCC1.O[B-](F)(F)F. The Balaban J connectivity index is 0.000000463. The van der Waals surface area contributed by atoms with Crippen LogP contribution in [0, 0.1) is 0 Å². The maximum atomic E-state index is 10.5. The Morgan fingerprint density at radius 1 is 0.696 bits per heavy atom. The molecule has 2 atom stereocenters. The summed E-state index contributed by atoms with van der Waals surface area (Å²) in [7, 11) is -4.94. The third kappa shape index (κ3) is 11.3. The Bertz CT molecular complexity index is 294. The molecule has 138 valence electrons. The van der Waals surface area contributed by atoms with Crippen LogP contribution in [-0.4, -0.2) is 40.2 Å². The van der Waals surface area contributed by atoms with Gasteiger partial charge in [0, 0.05) is 0 Å². The molecular formula is C16H32BF3O2S. The summed E-state index contributed by atoms with van der Waals surface area (Å²) in [6, 6.07) is 0. The third-order valence-corrected chi connectivity index (χ3v) is 7.69. The van der Waals surface area contributed by atoms with Crippen LogP contribution in [0.4, 0.5) is 12.9 Å². The van der Waals surface area contributed by atoms with Crippen molar-refractivity contribution < 1.29 is 23.1 Å². The standard InChI is InChI=1S/C16H31OS.BF3HO/c17-15-11-7-5-3-1-2-4-6-8-12-16(15)18-13-9-10-14-18;2-1(3,4)5/h15-17H,1-14H2;5H/q+1;-1. The average Bonchev–Trinajstić information content (AvgIpc) is 2.95. The molecule has 23 heavy (non-hydrogen) atoms. The van der Waals surface area contributed by atoms with Gasteiger partial charge in [-0.25, -0.2) is 0 Å². The van der Waals surface area contributed by atoms with E-state index in [0.717, 1.165) is 6.42 Å². The number of aliphatic hydroxyl groups is 1. The van der Waals surface area contributed by atoms with Gasteiger partial charge < -0.3 is 23.1 Å². The van der Waals surface area contributed by atoms with E-state index >= 15 is 0 Å². The third-order valence-electron chi connectivity index (χ3n) is 4.66. The summed E-state index contributed by atoms with van der Waals surface area (Å²) in [4.78, 5) is 0. The Labute approximate surface area is 141 Å². The van der Waals surface area contributed by atoms with E-state index in [2.05, 4.69) is 0 Å². The van der Waals surface area contributed by atoms with Crippen molar-refractivity contribution in [1.82, 2.24) is 0 Å². The lowest BCUT2D eigenvalue weighted by atomic mass is 9.99. The Hall–Kier alpha value is 0.125. The fraction of sp³-hybridized carbons (Fsp3) is 1.00. The van der Waals surface area contributed by atoms with Crippen LogP contribution in [0.1, 0.15) is 77.0 Å². The summed E-state index contributed by atoms with van der Waals surface area (Å²) in [5.41, 5.74) is 0. The molecule has 0 radical (unpaired) electrons. The Morgan fingerprint density at radius 2 is 1.09 bits per heavy atom. The minimum absolute atomic E-state index is 0.0193. The Kier molecular flexibility index (Phi) is 10.7. The first kappa shape index (κ1) is 21.2. The van der Waals surface area contributed by atoms with Crippen LogP contribution in [-0.2, 0) is 10.9 Å². The van der Waals surface area contributed by atoms with Gasteiger partial charge in [-0.05, 0) is 43.0 Å². The van der Waals surface area contributed by atoms with E-state index in [0.29, 0.717) is 16.1 Å². The maximum absolute atomic E-state index is 10.5. The summed E-state index contributed by atoms with van der Waals surface area (Å²) >= 11 is 0. The van der Waals surface area contributed by atoms with Crippen molar-refractivity contribution in [3.05, 3.63) is 0 Å². The first-order valence-corrected chi connectivity index (χ1v) is 10.8. The van der Waals surface area contributed by atoms with Crippen LogP contribution in [0.3, 0.4) is 0 Å². The highest BCUT2D eigenvalue weighted by atomic mass is 32.2. The van der Waals surface area contributed by atoms with Gasteiger partial charge in [-0.2, -0.15) is 0 Å². The zero-order valence-electron chi connectivity index (χ0n) is 14.1. The number of rotatable bonds is 1. The van der Waals surface area contributed by atoms with E-state index in [-0.39, 0.29) is 6.10 Å². The van der Waals surface area contributed by atoms with Gasteiger partial charge in [-0.15, -0.1) is 0 Å². The minimum Gasteiger partial charge on any atom is -0.523 e. The monoisotopic (exact) mass is 356 g/mol. The van der Waals surface area contributed by atoms with Gasteiger partial charge in [0.2, 0.25) is 0 Å². The normalized spacial score (nSPS) is 29.1. The van der Waals surface area contributed by atoms with Crippen molar-refractivity contribution >= 4 is 18.1 Å². The molecule has 0 aromatic carbocycles. The lowest BCUT2D eigenvalue weighted by Crippen LogP contribution is -2.35. The molecule has 1 saturated carbocycles. The second kappa shape index (κ2) is 11.6. The molecule has 0 aromatic rings. The fourth-order valence-corrected chi connectivity index (χ4v) is 6.55. The van der Waals surface area contributed by atoms with Crippen molar-refractivity contribution in [3.63, 3.8) is 0 Å². The van der Waals surface area contributed by atoms with Crippen LogP contribution in [0.5, 0.6) is 0 Å². The molecule has 1 aliphatic heterocycles. The fourth-order valence-electron chi connectivity index (χ4n) is 3.51. The second-order valence-corrected chi connectivity index (χ2v) is 9.20. The molecule has 1 heterocycles. The summed E-state index contributed by atoms with van der Waals surface area (Å²) in [5, 5.41) is 17.8. The molecule has 2 fully saturated rings. The molecule has 1 saturated heterocycles. The zero-order valence-corrected chi connectivity index (χ0v) is 14.9. The average molecular weight is 356 g/mol. The van der Waals surface area contributed by atoms with Crippen LogP contribution in [0.25, 0.3) is 0 Å². The van der Waals surface area contributed by atoms with E-state index in [1.165, 1.54) is 82.1 Å². The van der Waals surface area contributed by atoms with Gasteiger partial charge in [0.15, 0.2) is 0 Å². The topological polar surface area (TPSA) is 40.5 Å². The van der Waals surface area contributed by atoms with Gasteiger partial charge in [0.05, 0.1) is 0 Å². The molecule has 2 nitrogen and oxygen atoms in total. The number of halogens is 3. The zero-order chi connectivity index (χ0) is 17.1. The molecule has 2 N–H and O–H groups in total. The smallest absolute Gasteiger partial charge is 0.523 e. The number of hydrogen-bond acceptors (Lipinski definition) is 2. The van der Waals surface area contributed by atoms with Crippen LogP contribution in [0.15, 0.2) is 0 Å². The van der Waals surface area contributed by atoms with E-state index in [1.807, 2.05) is 0 Å². The lowest BCUT2D eigenvalue weighted by Gasteiger charge is -2.22. The van der Waals surface area contributed by atoms with E-state index in [9.17, 15) is 18.1 Å². The molecular weight excluding hydrogens is 324 g/mol. The summed E-state index contributed by atoms with van der Waals surface area (Å²) in [6.45, 7) is 0. The van der Waals surface area contributed by atoms with Gasteiger partial charge in [0.25, 0.3) is 0 Å². The van der Waals surface area contributed by atoms with Crippen LogP contribution < -0.4 is 0 Å². The second-order valence-electron chi connectivity index (χ2n) is 6.70. The highest BCUT2D eigenvalue weighted by Gasteiger charge is 2.37. The lowest BCUT2D eigenvalue weighted by molar-refractivity contribution is 0.151. The van der Waals surface area contributed by atoms with Crippen molar-refractivity contribution in [2.45, 2.75) is 88.4 Å². The van der Waals surface area contributed by atoms with Crippen molar-refractivity contribution in [3.8, 4) is 0 Å². The number of hydrogen-bond donors (Lipinski definition) is 2. The molecule has 2 unspecified atom stereocenters. The predicted molar refractivity (Wildman–Crippen MR) is 93.6 cm³/mol. The van der Waals surface area contributed by atoms with E-state index < -0.39 is 7.18 Å². The first-order chi connectivity index (χ1) is 10.9. The largest absolute Gasteiger partial charge is 0.635 e. The van der Waals surface area contributed by atoms with Crippen molar-refractivity contribution in [1.29, 1.82) is 0 Å². The van der Waals surface area contributed by atoms with Gasteiger partial charge in [-0.1, -0.05) is 44.9 Å². The molecule has 0 bridgehead atoms. The van der Waals surface area contributed by atoms with Crippen molar-refractivity contribution in [2.24, 2.45) is 0 Å². The summed E-state index contributed by atoms with van der Waals surface area (Å²) < 4.78 is 29.9. The molecule has 0 amide bonds. The maximum Gasteiger partial charge on any atom is 0.635 e. The van der Waals surface area contributed by atoms with Crippen LogP contribution in [0.2, 0.25) is 0 Å². The molecule has 2 aliphatic rings. The Morgan fingerprint density at radius 3 is 1.57 bits per heavy atom. The molecule has 0 aromatic heterocycles. The summed E-state index contributed by atoms with van der Waals surface area (Å²) in [6.07, 6.45) is 16.3.